The number of carbonyl (C=O) groups excluding carboxylic acids is 1. The lowest BCUT2D eigenvalue weighted by Crippen LogP contribution is -2.35. The summed E-state index contributed by atoms with van der Waals surface area (Å²) in [5.41, 5.74) is 1.84. The zero-order valence-corrected chi connectivity index (χ0v) is 14.4. The number of para-hydroxylation sites is 1. The van der Waals surface area contributed by atoms with Crippen molar-refractivity contribution in [2.45, 2.75) is 30.5 Å². The van der Waals surface area contributed by atoms with Crippen molar-refractivity contribution in [1.82, 2.24) is 5.32 Å². The summed E-state index contributed by atoms with van der Waals surface area (Å²) in [7, 11) is -3.55. The number of amides is 1. The number of nitrogens with zero attached hydrogens (tertiary/aromatic N) is 1. The van der Waals surface area contributed by atoms with E-state index in [0.29, 0.717) is 17.3 Å². The van der Waals surface area contributed by atoms with E-state index in [0.717, 1.165) is 29.0 Å². The molecule has 3 rings (SSSR count). The number of hydrogen-bond donors (Lipinski definition) is 1. The first-order valence-corrected chi connectivity index (χ1v) is 9.68. The van der Waals surface area contributed by atoms with Gasteiger partial charge in [0.15, 0.2) is 0 Å². The lowest BCUT2D eigenvalue weighted by molar-refractivity contribution is -0.119. The molecular weight excluding hydrogens is 332 g/mol. The van der Waals surface area contributed by atoms with Crippen molar-refractivity contribution in [3.8, 4) is 0 Å². The highest BCUT2D eigenvalue weighted by Gasteiger charge is 2.30. The van der Waals surface area contributed by atoms with Gasteiger partial charge in [-0.2, -0.15) is 0 Å². The van der Waals surface area contributed by atoms with Crippen LogP contribution < -0.4 is 9.62 Å². The maximum atomic E-state index is 13.0. The van der Waals surface area contributed by atoms with Gasteiger partial charge < -0.3 is 5.32 Å². The maximum absolute atomic E-state index is 13.0. The second-order valence-electron chi connectivity index (χ2n) is 5.44. The van der Waals surface area contributed by atoms with Gasteiger partial charge in [-0.25, -0.2) is 8.42 Å². The largest absolute Gasteiger partial charge is 0.351 e. The lowest BCUT2D eigenvalue weighted by atomic mass is 10.0. The van der Waals surface area contributed by atoms with Crippen molar-refractivity contribution in [3.05, 3.63) is 46.8 Å². The van der Waals surface area contributed by atoms with E-state index < -0.39 is 10.0 Å². The third-order valence-corrected chi connectivity index (χ3v) is 7.13. The number of fused-ring (bicyclic) bond motifs is 1. The van der Waals surface area contributed by atoms with Crippen molar-refractivity contribution in [1.29, 1.82) is 0 Å². The molecule has 1 N–H and O–H groups in total. The number of hydrogen-bond acceptors (Lipinski definition) is 4. The summed E-state index contributed by atoms with van der Waals surface area (Å²) in [5.74, 6) is -0.132. The highest BCUT2D eigenvalue weighted by molar-refractivity contribution is 7.94. The van der Waals surface area contributed by atoms with Gasteiger partial charge in [-0.3, -0.25) is 9.10 Å². The van der Waals surface area contributed by atoms with Gasteiger partial charge in [-0.15, -0.1) is 11.3 Å². The minimum absolute atomic E-state index is 0.132. The molecular formula is C16H18N2O3S2. The molecule has 1 amide bonds. The van der Waals surface area contributed by atoms with E-state index in [9.17, 15) is 13.2 Å². The Kier molecular flexibility index (Phi) is 4.41. The Morgan fingerprint density at radius 1 is 1.26 bits per heavy atom. The minimum atomic E-state index is -3.55. The molecule has 2 heterocycles. The normalized spacial score (nSPS) is 14.4. The summed E-state index contributed by atoms with van der Waals surface area (Å²) in [5, 5.41) is 2.68. The molecule has 0 bridgehead atoms. The van der Waals surface area contributed by atoms with Crippen LogP contribution in [0.4, 0.5) is 5.69 Å². The molecule has 0 aliphatic carbocycles. The Morgan fingerprint density at radius 3 is 2.83 bits per heavy atom. The number of sulfonamides is 1. The molecule has 0 atom stereocenters. The molecule has 0 saturated carbocycles. The number of aryl methyl sites for hydroxylation is 1. The molecule has 1 aromatic heterocycles. The number of benzene rings is 1. The molecule has 1 aliphatic heterocycles. The van der Waals surface area contributed by atoms with Crippen LogP contribution in [-0.4, -0.2) is 20.9 Å². The van der Waals surface area contributed by atoms with Crippen molar-refractivity contribution in [2.75, 3.05) is 10.8 Å². The first kappa shape index (κ1) is 16.0. The van der Waals surface area contributed by atoms with Crippen LogP contribution in [-0.2, 0) is 27.8 Å². The third kappa shape index (κ3) is 3.25. The minimum Gasteiger partial charge on any atom is -0.351 e. The zero-order valence-electron chi connectivity index (χ0n) is 12.8. The number of anilines is 1. The van der Waals surface area contributed by atoms with E-state index in [-0.39, 0.29) is 5.91 Å². The number of carbonyl (C=O) groups is 1. The van der Waals surface area contributed by atoms with Crippen molar-refractivity contribution in [3.63, 3.8) is 0 Å². The fourth-order valence-corrected chi connectivity index (χ4v) is 5.61. The summed E-state index contributed by atoms with van der Waals surface area (Å²) >= 11 is 1.21. The average molecular weight is 350 g/mol. The molecule has 0 radical (unpaired) electrons. The van der Waals surface area contributed by atoms with Crippen LogP contribution in [0.1, 0.15) is 23.8 Å². The first-order valence-electron chi connectivity index (χ1n) is 7.42. The quantitative estimate of drug-likeness (QED) is 0.921. The predicted octanol–water partition coefficient (Wildman–Crippen LogP) is 2.53. The standard InChI is InChI=1S/C16H18N2O3S2/c1-12(19)17-11-14-8-9-16(22-14)23(20,21)18-10-4-6-13-5-2-3-7-15(13)18/h2-3,5,7-9H,4,6,10-11H2,1H3,(H,17,19). The van der Waals surface area contributed by atoms with E-state index in [1.165, 1.54) is 22.6 Å². The van der Waals surface area contributed by atoms with E-state index in [4.69, 9.17) is 0 Å². The van der Waals surface area contributed by atoms with Gasteiger partial charge in [0.1, 0.15) is 4.21 Å². The summed E-state index contributed by atoms with van der Waals surface area (Å²) in [6, 6.07) is 11.0. The second kappa shape index (κ2) is 6.33. The van der Waals surface area contributed by atoms with Gasteiger partial charge in [0.25, 0.3) is 10.0 Å². The predicted molar refractivity (Wildman–Crippen MR) is 91.1 cm³/mol. The topological polar surface area (TPSA) is 66.5 Å². The summed E-state index contributed by atoms with van der Waals surface area (Å²) < 4.78 is 27.7. The number of nitrogens with one attached hydrogen (secondary N) is 1. The van der Waals surface area contributed by atoms with Gasteiger partial charge >= 0.3 is 0 Å². The average Bonchev–Trinajstić information content (AvgIpc) is 3.02. The molecule has 5 nitrogen and oxygen atoms in total. The van der Waals surface area contributed by atoms with Crippen LogP contribution in [0.3, 0.4) is 0 Å². The molecule has 0 spiro atoms. The molecule has 0 unspecified atom stereocenters. The zero-order chi connectivity index (χ0) is 16.4. The van der Waals surface area contributed by atoms with Gasteiger partial charge in [0.2, 0.25) is 5.91 Å². The summed E-state index contributed by atoms with van der Waals surface area (Å²) in [6.07, 6.45) is 1.72. The molecule has 7 heteroatoms. The Labute approximate surface area is 140 Å². The van der Waals surface area contributed by atoms with E-state index >= 15 is 0 Å². The molecule has 122 valence electrons. The highest BCUT2D eigenvalue weighted by atomic mass is 32.2. The molecule has 0 saturated heterocycles. The van der Waals surface area contributed by atoms with Crippen LogP contribution in [0.2, 0.25) is 0 Å². The second-order valence-corrected chi connectivity index (χ2v) is 8.70. The van der Waals surface area contributed by atoms with E-state index in [1.807, 2.05) is 24.3 Å². The number of rotatable bonds is 4. The van der Waals surface area contributed by atoms with Crippen molar-refractivity contribution < 1.29 is 13.2 Å². The Bertz CT molecular complexity index is 827. The fourth-order valence-electron chi connectivity index (χ4n) is 2.66. The Morgan fingerprint density at radius 2 is 2.04 bits per heavy atom. The van der Waals surface area contributed by atoms with Crippen LogP contribution in [0, 0.1) is 0 Å². The Balaban J connectivity index is 1.89. The molecule has 1 aliphatic rings. The third-order valence-electron chi connectivity index (χ3n) is 3.76. The van der Waals surface area contributed by atoms with Crippen LogP contribution in [0.5, 0.6) is 0 Å². The van der Waals surface area contributed by atoms with Gasteiger partial charge in [0, 0.05) is 18.3 Å². The fraction of sp³-hybridized carbons (Fsp3) is 0.312. The summed E-state index contributed by atoms with van der Waals surface area (Å²) in [4.78, 5) is 11.8. The summed E-state index contributed by atoms with van der Waals surface area (Å²) in [6.45, 7) is 2.29. The molecule has 0 fully saturated rings. The molecule has 2 aromatic rings. The van der Waals surface area contributed by atoms with E-state index in [1.54, 1.807) is 12.1 Å². The molecule has 23 heavy (non-hydrogen) atoms. The smallest absolute Gasteiger partial charge is 0.273 e. The van der Waals surface area contributed by atoms with Gasteiger partial charge in [-0.05, 0) is 36.6 Å². The van der Waals surface area contributed by atoms with Gasteiger partial charge in [-0.1, -0.05) is 18.2 Å². The molecule has 1 aromatic carbocycles. The first-order chi connectivity index (χ1) is 11.0. The van der Waals surface area contributed by atoms with E-state index in [2.05, 4.69) is 5.32 Å². The van der Waals surface area contributed by atoms with Crippen LogP contribution in [0.15, 0.2) is 40.6 Å². The number of thiophene rings is 1. The maximum Gasteiger partial charge on any atom is 0.273 e. The van der Waals surface area contributed by atoms with Crippen molar-refractivity contribution >= 4 is 33.0 Å². The lowest BCUT2D eigenvalue weighted by Gasteiger charge is -2.29. The monoisotopic (exact) mass is 350 g/mol. The Hall–Kier alpha value is -1.86. The van der Waals surface area contributed by atoms with Crippen LogP contribution in [0.25, 0.3) is 0 Å². The SMILES string of the molecule is CC(=O)NCc1ccc(S(=O)(=O)N2CCCc3ccccc32)s1. The van der Waals surface area contributed by atoms with Crippen LogP contribution >= 0.6 is 11.3 Å². The van der Waals surface area contributed by atoms with Crippen molar-refractivity contribution in [2.24, 2.45) is 0 Å². The highest BCUT2D eigenvalue weighted by Crippen LogP contribution is 2.33. The van der Waals surface area contributed by atoms with Gasteiger partial charge in [0.05, 0.1) is 12.2 Å².